The molecule has 0 radical (unpaired) electrons. The van der Waals surface area contributed by atoms with Crippen molar-refractivity contribution in [2.75, 3.05) is 11.4 Å². The second-order valence-electron chi connectivity index (χ2n) is 5.90. The summed E-state index contributed by atoms with van der Waals surface area (Å²) in [5.74, 6) is 0.200. The first-order valence-corrected chi connectivity index (χ1v) is 8.03. The second kappa shape index (κ2) is 6.27. The zero-order valence-electron chi connectivity index (χ0n) is 12.7. The Kier molecular flexibility index (Phi) is 4.86. The molecule has 0 aromatic heterocycles. The Balaban J connectivity index is 2.25. The van der Waals surface area contributed by atoms with Gasteiger partial charge in [0.2, 0.25) is 5.91 Å². The normalized spacial score (nSPS) is 19.8. The Morgan fingerprint density at radius 2 is 1.90 bits per heavy atom. The molecule has 1 N–H and O–H groups in total. The molecule has 0 spiro atoms. The van der Waals surface area contributed by atoms with E-state index >= 15 is 0 Å². The van der Waals surface area contributed by atoms with Gasteiger partial charge in [-0.1, -0.05) is 29.8 Å². The number of amides is 1. The van der Waals surface area contributed by atoms with E-state index in [-0.39, 0.29) is 11.9 Å². The average Bonchev–Trinajstić information content (AvgIpc) is 2.37. The number of carbonyl (C=O) groups excluding carboxylic acids is 1. The van der Waals surface area contributed by atoms with E-state index in [0.717, 1.165) is 29.5 Å². The molecule has 0 bridgehead atoms. The van der Waals surface area contributed by atoms with Crippen LogP contribution in [0, 0.1) is 13.8 Å². The molecule has 4 heteroatoms. The summed E-state index contributed by atoms with van der Waals surface area (Å²) in [5, 5.41) is 3.37. The summed E-state index contributed by atoms with van der Waals surface area (Å²) in [7, 11) is 0. The summed E-state index contributed by atoms with van der Waals surface area (Å²) < 4.78 is 1.13. The molecule has 1 aliphatic rings. The van der Waals surface area contributed by atoms with Gasteiger partial charge in [-0.05, 0) is 49.9 Å². The summed E-state index contributed by atoms with van der Waals surface area (Å²) in [5.41, 5.74) is 3.36. The van der Waals surface area contributed by atoms with E-state index in [2.05, 4.69) is 61.1 Å². The lowest BCUT2D eigenvalue weighted by Gasteiger charge is -2.34. The average molecular weight is 339 g/mol. The predicted molar refractivity (Wildman–Crippen MR) is 87.3 cm³/mol. The molecular formula is C16H23BrN2O. The van der Waals surface area contributed by atoms with Crippen molar-refractivity contribution in [3.8, 4) is 0 Å². The molecule has 20 heavy (non-hydrogen) atoms. The second-order valence-corrected chi connectivity index (χ2v) is 6.69. The SMILES string of the molecule is Cc1cc(N2CCCC(NC(C)C)C2=O)cc(C)c1Br. The predicted octanol–water partition coefficient (Wildman–Crippen LogP) is 3.56. The maximum atomic E-state index is 12.6. The van der Waals surface area contributed by atoms with E-state index in [4.69, 9.17) is 0 Å². The standard InChI is InChI=1S/C16H23BrN2O/c1-10(2)18-14-6-5-7-19(16(14)20)13-8-11(3)15(17)12(4)9-13/h8-10,14,18H,5-7H2,1-4H3. The number of aryl methyl sites for hydroxylation is 2. The summed E-state index contributed by atoms with van der Waals surface area (Å²) in [6.45, 7) is 9.12. The van der Waals surface area contributed by atoms with Crippen molar-refractivity contribution >= 4 is 27.5 Å². The number of hydrogen-bond donors (Lipinski definition) is 1. The van der Waals surface area contributed by atoms with E-state index < -0.39 is 0 Å². The molecule has 1 atom stereocenters. The van der Waals surface area contributed by atoms with Crippen LogP contribution < -0.4 is 10.2 Å². The number of rotatable bonds is 3. The molecule has 3 nitrogen and oxygen atoms in total. The number of nitrogens with one attached hydrogen (secondary N) is 1. The zero-order valence-corrected chi connectivity index (χ0v) is 14.3. The largest absolute Gasteiger partial charge is 0.311 e. The van der Waals surface area contributed by atoms with Gasteiger partial charge < -0.3 is 10.2 Å². The highest BCUT2D eigenvalue weighted by Gasteiger charge is 2.30. The molecule has 2 rings (SSSR count). The van der Waals surface area contributed by atoms with E-state index in [1.165, 1.54) is 11.1 Å². The maximum Gasteiger partial charge on any atom is 0.244 e. The first kappa shape index (κ1) is 15.5. The number of benzene rings is 1. The van der Waals surface area contributed by atoms with Gasteiger partial charge in [0, 0.05) is 22.7 Å². The molecule has 1 amide bonds. The highest BCUT2D eigenvalue weighted by Crippen LogP contribution is 2.29. The first-order valence-electron chi connectivity index (χ1n) is 7.24. The van der Waals surface area contributed by atoms with Crippen molar-refractivity contribution in [1.29, 1.82) is 0 Å². The van der Waals surface area contributed by atoms with Gasteiger partial charge in [0.15, 0.2) is 0 Å². The van der Waals surface area contributed by atoms with E-state index in [9.17, 15) is 4.79 Å². The fourth-order valence-electron chi connectivity index (χ4n) is 2.77. The van der Waals surface area contributed by atoms with Gasteiger partial charge in [0.05, 0.1) is 6.04 Å². The lowest BCUT2D eigenvalue weighted by Crippen LogP contribution is -2.52. The van der Waals surface area contributed by atoms with Gasteiger partial charge in [-0.25, -0.2) is 0 Å². The first-order chi connectivity index (χ1) is 9.40. The van der Waals surface area contributed by atoms with Gasteiger partial charge in [0.25, 0.3) is 0 Å². The zero-order chi connectivity index (χ0) is 14.9. The molecule has 1 unspecified atom stereocenters. The number of halogens is 1. The minimum absolute atomic E-state index is 0.0481. The summed E-state index contributed by atoms with van der Waals surface area (Å²) >= 11 is 3.58. The van der Waals surface area contributed by atoms with Crippen LogP contribution in [0.25, 0.3) is 0 Å². The lowest BCUT2D eigenvalue weighted by molar-refractivity contribution is -0.121. The number of carbonyl (C=O) groups is 1. The fourth-order valence-corrected chi connectivity index (χ4v) is 3.00. The molecule has 1 aliphatic heterocycles. The molecule has 1 aromatic carbocycles. The molecule has 110 valence electrons. The highest BCUT2D eigenvalue weighted by atomic mass is 79.9. The van der Waals surface area contributed by atoms with Gasteiger partial charge in [0.1, 0.15) is 0 Å². The van der Waals surface area contributed by atoms with Crippen LogP contribution in [0.15, 0.2) is 16.6 Å². The smallest absolute Gasteiger partial charge is 0.244 e. The topological polar surface area (TPSA) is 32.3 Å². The van der Waals surface area contributed by atoms with Crippen LogP contribution in [0.3, 0.4) is 0 Å². The fraction of sp³-hybridized carbons (Fsp3) is 0.562. The summed E-state index contributed by atoms with van der Waals surface area (Å²) in [6.07, 6.45) is 1.98. The van der Waals surface area contributed by atoms with Crippen LogP contribution in [0.5, 0.6) is 0 Å². The van der Waals surface area contributed by atoms with Crippen molar-refractivity contribution in [2.45, 2.75) is 52.6 Å². The van der Waals surface area contributed by atoms with Crippen LogP contribution in [-0.2, 0) is 4.79 Å². The van der Waals surface area contributed by atoms with Crippen LogP contribution in [0.4, 0.5) is 5.69 Å². The number of nitrogens with zero attached hydrogens (tertiary/aromatic N) is 1. The Hall–Kier alpha value is -0.870. The van der Waals surface area contributed by atoms with Crippen LogP contribution >= 0.6 is 15.9 Å². The van der Waals surface area contributed by atoms with Crippen LogP contribution in [0.2, 0.25) is 0 Å². The third-order valence-corrected chi connectivity index (χ3v) is 4.96. The van der Waals surface area contributed by atoms with Gasteiger partial charge in [-0.2, -0.15) is 0 Å². The van der Waals surface area contributed by atoms with Crippen molar-refractivity contribution in [1.82, 2.24) is 5.32 Å². The Morgan fingerprint density at radius 1 is 1.30 bits per heavy atom. The van der Waals surface area contributed by atoms with E-state index in [1.807, 2.05) is 4.90 Å². The number of piperidine rings is 1. The molecule has 0 aliphatic carbocycles. The quantitative estimate of drug-likeness (QED) is 0.913. The summed E-state index contributed by atoms with van der Waals surface area (Å²) in [4.78, 5) is 14.5. The van der Waals surface area contributed by atoms with Gasteiger partial charge in [-0.15, -0.1) is 0 Å². The molecule has 0 saturated carbocycles. The van der Waals surface area contributed by atoms with Crippen LogP contribution in [-0.4, -0.2) is 24.5 Å². The Morgan fingerprint density at radius 3 is 2.45 bits per heavy atom. The van der Waals surface area contributed by atoms with Crippen LogP contribution in [0.1, 0.15) is 37.8 Å². The molecular weight excluding hydrogens is 316 g/mol. The third-order valence-electron chi connectivity index (χ3n) is 3.71. The highest BCUT2D eigenvalue weighted by molar-refractivity contribution is 9.10. The Labute approximate surface area is 129 Å². The minimum Gasteiger partial charge on any atom is -0.311 e. The van der Waals surface area contributed by atoms with Crippen molar-refractivity contribution in [2.24, 2.45) is 0 Å². The lowest BCUT2D eigenvalue weighted by atomic mass is 10.0. The van der Waals surface area contributed by atoms with Gasteiger partial charge in [-0.3, -0.25) is 4.79 Å². The minimum atomic E-state index is -0.0481. The summed E-state index contributed by atoms with van der Waals surface area (Å²) in [6, 6.07) is 4.46. The van der Waals surface area contributed by atoms with Crippen molar-refractivity contribution in [3.63, 3.8) is 0 Å². The van der Waals surface area contributed by atoms with E-state index in [1.54, 1.807) is 0 Å². The molecule has 1 aromatic rings. The van der Waals surface area contributed by atoms with Gasteiger partial charge >= 0.3 is 0 Å². The van der Waals surface area contributed by atoms with Crippen molar-refractivity contribution < 1.29 is 4.79 Å². The van der Waals surface area contributed by atoms with E-state index in [0.29, 0.717) is 6.04 Å². The molecule has 1 fully saturated rings. The number of anilines is 1. The molecule has 1 heterocycles. The molecule has 1 saturated heterocycles. The Bertz CT molecular complexity index is 490. The van der Waals surface area contributed by atoms with Crippen molar-refractivity contribution in [3.05, 3.63) is 27.7 Å². The maximum absolute atomic E-state index is 12.6. The third kappa shape index (κ3) is 3.23. The number of hydrogen-bond acceptors (Lipinski definition) is 2. The monoisotopic (exact) mass is 338 g/mol.